The highest BCUT2D eigenvalue weighted by Crippen LogP contribution is 2.38. The van der Waals surface area contributed by atoms with Crippen LogP contribution in [0.4, 0.5) is 0 Å². The molecule has 0 N–H and O–H groups in total. The van der Waals surface area contributed by atoms with E-state index in [9.17, 15) is 0 Å². The molecule has 0 amide bonds. The van der Waals surface area contributed by atoms with E-state index in [1.165, 1.54) is 22.6 Å². The minimum absolute atomic E-state index is 0.696. The van der Waals surface area contributed by atoms with Crippen molar-refractivity contribution in [2.45, 2.75) is 35.2 Å². The summed E-state index contributed by atoms with van der Waals surface area (Å²) in [4.78, 5) is 1.48. The Morgan fingerprint density at radius 3 is 3.06 bits per heavy atom. The van der Waals surface area contributed by atoms with E-state index in [-0.39, 0.29) is 0 Å². The minimum atomic E-state index is 0.696. The van der Waals surface area contributed by atoms with Gasteiger partial charge in [0, 0.05) is 27.0 Å². The monoisotopic (exact) mass is 272 g/mol. The van der Waals surface area contributed by atoms with Crippen molar-refractivity contribution in [1.29, 1.82) is 0 Å². The zero-order valence-corrected chi connectivity index (χ0v) is 11.9. The van der Waals surface area contributed by atoms with E-state index in [0.29, 0.717) is 5.25 Å². The van der Waals surface area contributed by atoms with Crippen molar-refractivity contribution in [1.82, 2.24) is 0 Å². The van der Waals surface area contributed by atoms with Crippen LogP contribution in [0.1, 0.15) is 18.9 Å². The molecule has 0 bridgehead atoms. The summed E-state index contributed by atoms with van der Waals surface area (Å²) in [5.74, 6) is 2.03. The van der Waals surface area contributed by atoms with Crippen LogP contribution >= 0.6 is 35.1 Å². The highest BCUT2D eigenvalue weighted by Gasteiger charge is 2.22. The molecule has 1 aromatic rings. The normalized spacial score (nSPS) is 20.8. The molecule has 3 heteroatoms. The van der Waals surface area contributed by atoms with Gasteiger partial charge in [0.15, 0.2) is 0 Å². The fourth-order valence-electron chi connectivity index (χ4n) is 1.86. The van der Waals surface area contributed by atoms with E-state index < -0.39 is 0 Å². The Morgan fingerprint density at radius 2 is 2.31 bits per heavy atom. The maximum Gasteiger partial charge on any atom is 0.0233 e. The van der Waals surface area contributed by atoms with E-state index in [2.05, 4.69) is 43.0 Å². The first-order valence-corrected chi connectivity index (χ1v) is 8.18. The second kappa shape index (κ2) is 6.23. The number of hydrogen-bond acceptors (Lipinski definition) is 2. The van der Waals surface area contributed by atoms with Gasteiger partial charge in [0.25, 0.3) is 0 Å². The summed E-state index contributed by atoms with van der Waals surface area (Å²) in [7, 11) is 0. The van der Waals surface area contributed by atoms with Crippen molar-refractivity contribution >= 4 is 35.1 Å². The summed E-state index contributed by atoms with van der Waals surface area (Å²) in [6.45, 7) is 2.28. The molecule has 2 atom stereocenters. The molecule has 1 heterocycles. The highest BCUT2D eigenvalue weighted by molar-refractivity contribution is 8.03. The van der Waals surface area contributed by atoms with Gasteiger partial charge in [-0.2, -0.15) is 11.8 Å². The number of benzene rings is 1. The van der Waals surface area contributed by atoms with Crippen molar-refractivity contribution in [2.24, 2.45) is 0 Å². The van der Waals surface area contributed by atoms with Gasteiger partial charge in [-0.15, -0.1) is 23.4 Å². The molecular weight excluding hydrogens is 256 g/mol. The zero-order valence-electron chi connectivity index (χ0n) is 9.49. The van der Waals surface area contributed by atoms with Crippen LogP contribution in [-0.4, -0.2) is 22.1 Å². The molecule has 0 nitrogen and oxygen atoms in total. The van der Waals surface area contributed by atoms with Gasteiger partial charge in [-0.25, -0.2) is 0 Å². The predicted molar refractivity (Wildman–Crippen MR) is 77.0 cm³/mol. The SMILES string of the molecule is CC(CCCl)SCC1Cc2ccccc2S1. The Bertz CT molecular complexity index is 315. The molecule has 1 aliphatic heterocycles. The van der Waals surface area contributed by atoms with Crippen LogP contribution in [0.25, 0.3) is 0 Å². The predicted octanol–water partition coefficient (Wildman–Crippen LogP) is 4.45. The summed E-state index contributed by atoms with van der Waals surface area (Å²) in [6.07, 6.45) is 2.36. The highest BCUT2D eigenvalue weighted by atomic mass is 35.5. The quantitative estimate of drug-likeness (QED) is 0.726. The molecule has 0 fully saturated rings. The Balaban J connectivity index is 1.79. The molecule has 2 unspecified atom stereocenters. The van der Waals surface area contributed by atoms with Crippen LogP contribution < -0.4 is 0 Å². The minimum Gasteiger partial charge on any atom is -0.158 e. The van der Waals surface area contributed by atoms with Crippen LogP contribution in [0, 0.1) is 0 Å². The number of alkyl halides is 1. The lowest BCUT2D eigenvalue weighted by molar-refractivity contribution is 0.902. The second-order valence-corrected chi connectivity index (χ2v) is 7.36. The van der Waals surface area contributed by atoms with Crippen molar-refractivity contribution in [3.63, 3.8) is 0 Å². The average molecular weight is 273 g/mol. The zero-order chi connectivity index (χ0) is 11.4. The molecule has 0 saturated heterocycles. The fraction of sp³-hybridized carbons (Fsp3) is 0.538. The average Bonchev–Trinajstić information content (AvgIpc) is 2.69. The maximum absolute atomic E-state index is 5.75. The van der Waals surface area contributed by atoms with Crippen molar-refractivity contribution in [3.05, 3.63) is 29.8 Å². The molecule has 0 spiro atoms. The molecule has 1 aromatic carbocycles. The van der Waals surface area contributed by atoms with E-state index in [4.69, 9.17) is 11.6 Å². The van der Waals surface area contributed by atoms with Crippen molar-refractivity contribution in [3.8, 4) is 0 Å². The molecule has 88 valence electrons. The molecule has 0 radical (unpaired) electrons. The third kappa shape index (κ3) is 3.35. The molecule has 16 heavy (non-hydrogen) atoms. The molecule has 0 saturated carbocycles. The fourth-order valence-corrected chi connectivity index (χ4v) is 4.85. The molecule has 0 aromatic heterocycles. The Labute approximate surface area is 112 Å². The van der Waals surface area contributed by atoms with Gasteiger partial charge in [0.05, 0.1) is 0 Å². The van der Waals surface area contributed by atoms with Crippen LogP contribution in [0.15, 0.2) is 29.2 Å². The van der Waals surface area contributed by atoms with Gasteiger partial charge < -0.3 is 0 Å². The topological polar surface area (TPSA) is 0 Å². The van der Waals surface area contributed by atoms with Gasteiger partial charge in [-0.05, 0) is 24.5 Å². The van der Waals surface area contributed by atoms with E-state index in [1.807, 2.05) is 11.8 Å². The summed E-state index contributed by atoms with van der Waals surface area (Å²) in [6, 6.07) is 8.78. The van der Waals surface area contributed by atoms with Crippen molar-refractivity contribution in [2.75, 3.05) is 11.6 Å². The smallest absolute Gasteiger partial charge is 0.0233 e. The molecule has 2 rings (SSSR count). The summed E-state index contributed by atoms with van der Waals surface area (Å²) in [5.41, 5.74) is 1.53. The van der Waals surface area contributed by atoms with Crippen LogP contribution in [0.2, 0.25) is 0 Å². The van der Waals surface area contributed by atoms with Gasteiger partial charge in [0.1, 0.15) is 0 Å². The maximum atomic E-state index is 5.75. The van der Waals surface area contributed by atoms with Gasteiger partial charge in [-0.3, -0.25) is 0 Å². The second-order valence-electron chi connectivity index (χ2n) is 4.17. The Morgan fingerprint density at radius 1 is 1.50 bits per heavy atom. The van der Waals surface area contributed by atoms with Crippen LogP contribution in [0.5, 0.6) is 0 Å². The molecular formula is C13H17ClS2. The first-order chi connectivity index (χ1) is 7.79. The van der Waals surface area contributed by atoms with Gasteiger partial charge >= 0.3 is 0 Å². The number of thioether (sulfide) groups is 2. The Kier molecular flexibility index (Phi) is 4.93. The number of halogens is 1. The third-order valence-corrected chi connectivity index (χ3v) is 5.94. The summed E-state index contributed by atoms with van der Waals surface area (Å²) >= 11 is 9.85. The van der Waals surface area contributed by atoms with E-state index in [1.54, 1.807) is 0 Å². The first-order valence-electron chi connectivity index (χ1n) is 5.71. The number of rotatable bonds is 5. The van der Waals surface area contributed by atoms with E-state index >= 15 is 0 Å². The summed E-state index contributed by atoms with van der Waals surface area (Å²) < 4.78 is 0. The first kappa shape index (κ1) is 12.7. The molecule has 0 aliphatic carbocycles. The lowest BCUT2D eigenvalue weighted by Crippen LogP contribution is -2.08. The standard InChI is InChI=1S/C13H17ClS2/c1-10(6-7-14)15-9-12-8-11-4-2-3-5-13(11)16-12/h2-5,10,12H,6-9H2,1H3. The Hall–Kier alpha value is 0.210. The largest absolute Gasteiger partial charge is 0.158 e. The molecule has 1 aliphatic rings. The van der Waals surface area contributed by atoms with E-state index in [0.717, 1.165) is 17.6 Å². The number of hydrogen-bond donors (Lipinski definition) is 0. The van der Waals surface area contributed by atoms with Gasteiger partial charge in [0.2, 0.25) is 0 Å². The van der Waals surface area contributed by atoms with Gasteiger partial charge in [-0.1, -0.05) is 25.1 Å². The lowest BCUT2D eigenvalue weighted by Gasteiger charge is -2.12. The van der Waals surface area contributed by atoms with Crippen LogP contribution in [0.3, 0.4) is 0 Å². The van der Waals surface area contributed by atoms with Crippen LogP contribution in [-0.2, 0) is 6.42 Å². The van der Waals surface area contributed by atoms with Crippen molar-refractivity contribution < 1.29 is 0 Å². The number of fused-ring (bicyclic) bond motifs is 1. The summed E-state index contributed by atoms with van der Waals surface area (Å²) in [5, 5.41) is 1.46. The third-order valence-electron chi connectivity index (χ3n) is 2.80. The lowest BCUT2D eigenvalue weighted by atomic mass is 10.1.